The number of halogens is 1. The Morgan fingerprint density at radius 3 is 2.34 bits per heavy atom. The molecule has 0 aliphatic carbocycles. The number of nitrogens with one attached hydrogen (secondary N) is 2. The van der Waals surface area contributed by atoms with Crippen LogP contribution in [-0.2, 0) is 10.0 Å². The van der Waals surface area contributed by atoms with Crippen molar-refractivity contribution in [3.05, 3.63) is 82.9 Å². The Kier molecular flexibility index (Phi) is 6.10. The third kappa shape index (κ3) is 4.88. The van der Waals surface area contributed by atoms with Gasteiger partial charge in [0.2, 0.25) is 0 Å². The summed E-state index contributed by atoms with van der Waals surface area (Å²) in [6.07, 6.45) is 0. The molecular weight excluding hydrogens is 412 g/mol. The molecule has 6 nitrogen and oxygen atoms in total. The summed E-state index contributed by atoms with van der Waals surface area (Å²) in [7, 11) is -2.62. The third-order valence-electron chi connectivity index (χ3n) is 4.14. The van der Waals surface area contributed by atoms with Gasteiger partial charge in [-0.25, -0.2) is 8.42 Å². The van der Waals surface area contributed by atoms with Gasteiger partial charge < -0.3 is 10.1 Å². The van der Waals surface area contributed by atoms with E-state index in [-0.39, 0.29) is 16.2 Å². The zero-order chi connectivity index (χ0) is 21.0. The molecule has 0 radical (unpaired) electrons. The molecule has 3 aromatic carbocycles. The highest BCUT2D eigenvalue weighted by Gasteiger charge is 2.22. The molecule has 29 heavy (non-hydrogen) atoms. The molecule has 0 fully saturated rings. The van der Waals surface area contributed by atoms with E-state index in [2.05, 4.69) is 10.0 Å². The second kappa shape index (κ2) is 8.55. The van der Waals surface area contributed by atoms with Crippen LogP contribution in [0.4, 0.5) is 11.4 Å². The fraction of sp³-hybridized carbons (Fsp3) is 0.0952. The molecule has 0 unspecified atom stereocenters. The summed E-state index contributed by atoms with van der Waals surface area (Å²) in [6, 6.07) is 17.9. The van der Waals surface area contributed by atoms with Crippen LogP contribution in [0.5, 0.6) is 5.75 Å². The van der Waals surface area contributed by atoms with Crippen molar-refractivity contribution in [1.29, 1.82) is 0 Å². The standard InChI is InChI=1S/C21H19ClN2O4S/c1-14-7-10-16(11-8-14)24-29(26,27)20-13-15(9-12-19(20)28-2)21(25)23-18-6-4-3-5-17(18)22/h3-13,24H,1-2H3,(H,23,25). The summed E-state index contributed by atoms with van der Waals surface area (Å²) in [5.74, 6) is -0.369. The van der Waals surface area contributed by atoms with Crippen molar-refractivity contribution in [2.45, 2.75) is 11.8 Å². The maximum atomic E-state index is 12.9. The monoisotopic (exact) mass is 430 g/mol. The number of aryl methyl sites for hydroxylation is 1. The van der Waals surface area contributed by atoms with Gasteiger partial charge >= 0.3 is 0 Å². The normalized spacial score (nSPS) is 11.0. The topological polar surface area (TPSA) is 84.5 Å². The van der Waals surface area contributed by atoms with E-state index in [1.807, 2.05) is 6.92 Å². The smallest absolute Gasteiger partial charge is 0.265 e. The summed E-state index contributed by atoms with van der Waals surface area (Å²) in [4.78, 5) is 12.5. The van der Waals surface area contributed by atoms with Crippen LogP contribution < -0.4 is 14.8 Å². The average Bonchev–Trinajstić information content (AvgIpc) is 2.70. The van der Waals surface area contributed by atoms with Crippen LogP contribution in [0.3, 0.4) is 0 Å². The van der Waals surface area contributed by atoms with Crippen LogP contribution in [0.15, 0.2) is 71.6 Å². The summed E-state index contributed by atoms with van der Waals surface area (Å²) >= 11 is 6.07. The minimum absolute atomic E-state index is 0.124. The molecule has 3 rings (SSSR count). The molecule has 2 N–H and O–H groups in total. The van der Waals surface area contributed by atoms with Crippen molar-refractivity contribution in [3.63, 3.8) is 0 Å². The Labute approximate surface area is 174 Å². The van der Waals surface area contributed by atoms with E-state index in [0.717, 1.165) is 5.56 Å². The lowest BCUT2D eigenvalue weighted by Gasteiger charge is -2.14. The molecule has 150 valence electrons. The number of carbonyl (C=O) groups is 1. The Hall–Kier alpha value is -3.03. The Bertz CT molecular complexity index is 1150. The van der Waals surface area contributed by atoms with Gasteiger partial charge in [0.1, 0.15) is 10.6 Å². The van der Waals surface area contributed by atoms with Gasteiger partial charge in [0.15, 0.2) is 0 Å². The molecule has 0 aliphatic rings. The molecule has 0 saturated carbocycles. The minimum atomic E-state index is -3.99. The fourth-order valence-electron chi connectivity index (χ4n) is 2.62. The van der Waals surface area contributed by atoms with Crippen LogP contribution in [0.2, 0.25) is 5.02 Å². The number of para-hydroxylation sites is 1. The van der Waals surface area contributed by atoms with E-state index in [0.29, 0.717) is 16.4 Å². The zero-order valence-corrected chi connectivity index (χ0v) is 17.3. The van der Waals surface area contributed by atoms with E-state index in [9.17, 15) is 13.2 Å². The molecule has 0 atom stereocenters. The van der Waals surface area contributed by atoms with Gasteiger partial charge in [-0.1, -0.05) is 41.4 Å². The van der Waals surface area contributed by atoms with Crippen LogP contribution in [-0.4, -0.2) is 21.4 Å². The van der Waals surface area contributed by atoms with Gasteiger partial charge in [0, 0.05) is 11.3 Å². The SMILES string of the molecule is COc1ccc(C(=O)Nc2ccccc2Cl)cc1S(=O)(=O)Nc1ccc(C)cc1. The highest BCUT2D eigenvalue weighted by molar-refractivity contribution is 7.92. The summed E-state index contributed by atoms with van der Waals surface area (Å²) in [5, 5.41) is 3.05. The zero-order valence-electron chi connectivity index (χ0n) is 15.8. The molecule has 0 aliphatic heterocycles. The number of carbonyl (C=O) groups excluding carboxylic acids is 1. The van der Waals surface area contributed by atoms with Gasteiger partial charge in [0.05, 0.1) is 17.8 Å². The van der Waals surface area contributed by atoms with E-state index >= 15 is 0 Å². The predicted octanol–water partition coefficient (Wildman–Crippen LogP) is 4.71. The number of anilines is 2. The molecule has 8 heteroatoms. The van der Waals surface area contributed by atoms with Gasteiger partial charge in [0.25, 0.3) is 15.9 Å². The summed E-state index contributed by atoms with van der Waals surface area (Å²) in [6.45, 7) is 1.91. The lowest BCUT2D eigenvalue weighted by molar-refractivity contribution is 0.102. The number of hydrogen-bond donors (Lipinski definition) is 2. The van der Waals surface area contributed by atoms with Crippen LogP contribution in [0, 0.1) is 6.92 Å². The molecule has 0 heterocycles. The average molecular weight is 431 g/mol. The van der Waals surface area contributed by atoms with Crippen molar-refractivity contribution >= 4 is 38.9 Å². The molecular formula is C21H19ClN2O4S. The molecule has 3 aromatic rings. The van der Waals surface area contributed by atoms with Crippen LogP contribution in [0.1, 0.15) is 15.9 Å². The van der Waals surface area contributed by atoms with Crippen molar-refractivity contribution in [3.8, 4) is 5.75 Å². The maximum Gasteiger partial charge on any atom is 0.265 e. The van der Waals surface area contributed by atoms with Gasteiger partial charge in [-0.05, 0) is 49.4 Å². The lowest BCUT2D eigenvalue weighted by atomic mass is 10.2. The highest BCUT2D eigenvalue weighted by atomic mass is 35.5. The highest BCUT2D eigenvalue weighted by Crippen LogP contribution is 2.28. The Morgan fingerprint density at radius 1 is 1.00 bits per heavy atom. The van der Waals surface area contributed by atoms with E-state index in [4.69, 9.17) is 16.3 Å². The number of amides is 1. The quantitative estimate of drug-likeness (QED) is 0.593. The molecule has 1 amide bonds. The summed E-state index contributed by atoms with van der Waals surface area (Å²) in [5.41, 5.74) is 1.99. The van der Waals surface area contributed by atoms with Crippen molar-refractivity contribution in [2.24, 2.45) is 0 Å². The molecule has 0 aromatic heterocycles. The van der Waals surface area contributed by atoms with Crippen molar-refractivity contribution < 1.29 is 17.9 Å². The Balaban J connectivity index is 1.93. The van der Waals surface area contributed by atoms with Crippen LogP contribution >= 0.6 is 11.6 Å². The fourth-order valence-corrected chi connectivity index (χ4v) is 4.05. The number of rotatable bonds is 6. The lowest BCUT2D eigenvalue weighted by Crippen LogP contribution is -2.17. The first-order chi connectivity index (χ1) is 13.8. The predicted molar refractivity (Wildman–Crippen MR) is 114 cm³/mol. The second-order valence-electron chi connectivity index (χ2n) is 6.27. The Morgan fingerprint density at radius 2 is 1.69 bits per heavy atom. The first-order valence-corrected chi connectivity index (χ1v) is 10.5. The van der Waals surface area contributed by atoms with Gasteiger partial charge in [-0.15, -0.1) is 0 Å². The van der Waals surface area contributed by atoms with Crippen molar-refractivity contribution in [1.82, 2.24) is 0 Å². The largest absolute Gasteiger partial charge is 0.495 e. The first kappa shape index (κ1) is 20.7. The minimum Gasteiger partial charge on any atom is -0.495 e. The first-order valence-electron chi connectivity index (χ1n) is 8.63. The van der Waals surface area contributed by atoms with E-state index in [1.54, 1.807) is 48.5 Å². The molecule has 0 bridgehead atoms. The van der Waals surface area contributed by atoms with Crippen molar-refractivity contribution in [2.75, 3.05) is 17.1 Å². The number of ether oxygens (including phenoxy) is 1. The number of benzene rings is 3. The summed E-state index contributed by atoms with van der Waals surface area (Å²) < 4.78 is 33.5. The number of hydrogen-bond acceptors (Lipinski definition) is 4. The van der Waals surface area contributed by atoms with E-state index in [1.165, 1.54) is 25.3 Å². The maximum absolute atomic E-state index is 12.9. The number of sulfonamides is 1. The van der Waals surface area contributed by atoms with Gasteiger partial charge in [-0.2, -0.15) is 0 Å². The second-order valence-corrected chi connectivity index (χ2v) is 8.33. The number of methoxy groups -OCH3 is 1. The van der Waals surface area contributed by atoms with Gasteiger partial charge in [-0.3, -0.25) is 9.52 Å². The third-order valence-corrected chi connectivity index (χ3v) is 5.87. The molecule has 0 saturated heterocycles. The van der Waals surface area contributed by atoms with E-state index < -0.39 is 15.9 Å². The van der Waals surface area contributed by atoms with Crippen LogP contribution in [0.25, 0.3) is 0 Å². The molecule has 0 spiro atoms.